The number of ether oxygens (including phenoxy) is 1. The fourth-order valence-corrected chi connectivity index (χ4v) is 7.68. The first-order valence-corrected chi connectivity index (χ1v) is 18.9. The summed E-state index contributed by atoms with van der Waals surface area (Å²) in [5, 5.41) is 12.4. The van der Waals surface area contributed by atoms with Gasteiger partial charge in [-0.3, -0.25) is 29.0 Å². The Morgan fingerprint density at radius 2 is 1.44 bits per heavy atom. The van der Waals surface area contributed by atoms with Crippen molar-refractivity contribution < 1.29 is 29.0 Å². The van der Waals surface area contributed by atoms with Crippen LogP contribution >= 0.6 is 0 Å². The molecule has 1 unspecified atom stereocenters. The number of Topliss-reactive ketones (excluding diaryl/α,β-unsaturated/α-hetero) is 1. The standard InChI is InChI=1S/C44H46N4O6/c1-2-37(30-9-5-3-6-10-30)41(31-11-16-34(49)17-12-31)32-13-18-36(19-14-32)54-26-8-4-7-21-46-22-24-47(25-23-46)33-15-20-38-39(27-33)44(53)48(43(38)52)40-28-35(50)29-45-42(40)51/h3,5-6,9-20,27,40,49H,2,4,7-8,21-26,28-29H2,1H3,(H,45,51)/b41-37-. The summed E-state index contributed by atoms with van der Waals surface area (Å²) in [5.74, 6) is -0.632. The summed E-state index contributed by atoms with van der Waals surface area (Å²) in [7, 11) is 0. The number of ketones is 1. The van der Waals surface area contributed by atoms with Crippen molar-refractivity contribution in [2.24, 2.45) is 0 Å². The van der Waals surface area contributed by atoms with E-state index >= 15 is 0 Å². The van der Waals surface area contributed by atoms with Gasteiger partial charge in [0, 0.05) is 38.3 Å². The van der Waals surface area contributed by atoms with Crippen molar-refractivity contribution in [1.29, 1.82) is 0 Å². The Kier molecular flexibility index (Phi) is 11.2. The van der Waals surface area contributed by atoms with E-state index in [0.29, 0.717) is 6.61 Å². The van der Waals surface area contributed by atoms with E-state index in [4.69, 9.17) is 4.74 Å². The van der Waals surface area contributed by atoms with E-state index in [1.54, 1.807) is 24.3 Å². The summed E-state index contributed by atoms with van der Waals surface area (Å²) >= 11 is 0. The monoisotopic (exact) mass is 726 g/mol. The Bertz CT molecular complexity index is 2040. The van der Waals surface area contributed by atoms with Gasteiger partial charge in [-0.1, -0.05) is 61.5 Å². The van der Waals surface area contributed by atoms with Crippen molar-refractivity contribution in [3.63, 3.8) is 0 Å². The van der Waals surface area contributed by atoms with Crippen molar-refractivity contribution in [1.82, 2.24) is 15.1 Å². The summed E-state index contributed by atoms with van der Waals surface area (Å²) < 4.78 is 6.13. The zero-order valence-corrected chi connectivity index (χ0v) is 30.6. The van der Waals surface area contributed by atoms with Crippen LogP contribution in [0.4, 0.5) is 5.69 Å². The van der Waals surface area contributed by atoms with Gasteiger partial charge in [0.25, 0.3) is 11.8 Å². The third-order valence-electron chi connectivity index (χ3n) is 10.6. The van der Waals surface area contributed by atoms with Crippen molar-refractivity contribution in [2.75, 3.05) is 50.8 Å². The molecule has 7 rings (SSSR count). The average Bonchev–Trinajstić information content (AvgIpc) is 3.45. The lowest BCUT2D eigenvalue weighted by Gasteiger charge is -2.36. The van der Waals surface area contributed by atoms with Gasteiger partial charge in [0.05, 0.1) is 24.3 Å². The molecular formula is C44H46N4O6. The lowest BCUT2D eigenvalue weighted by molar-refractivity contribution is -0.133. The number of phenols is 1. The molecule has 0 aromatic heterocycles. The van der Waals surface area contributed by atoms with Crippen LogP contribution in [0.5, 0.6) is 11.5 Å². The van der Waals surface area contributed by atoms with E-state index in [9.17, 15) is 24.3 Å². The molecule has 0 bridgehead atoms. The maximum atomic E-state index is 13.3. The zero-order valence-electron chi connectivity index (χ0n) is 30.6. The lowest BCUT2D eigenvalue weighted by atomic mass is 9.88. The largest absolute Gasteiger partial charge is 0.508 e. The number of allylic oxidation sites excluding steroid dienone is 1. The van der Waals surface area contributed by atoms with Crippen molar-refractivity contribution >= 4 is 40.3 Å². The molecule has 1 atom stereocenters. The summed E-state index contributed by atoms with van der Waals surface area (Å²) in [6.07, 6.45) is 3.81. The van der Waals surface area contributed by atoms with Gasteiger partial charge in [-0.05, 0) is 103 Å². The number of hydrogen-bond donors (Lipinski definition) is 2. The normalized spacial score (nSPS) is 18.1. The summed E-state index contributed by atoms with van der Waals surface area (Å²) in [6, 6.07) is 30.3. The van der Waals surface area contributed by atoms with Gasteiger partial charge in [0.1, 0.15) is 17.5 Å². The maximum Gasteiger partial charge on any atom is 0.262 e. The van der Waals surface area contributed by atoms with Crippen LogP contribution in [0.3, 0.4) is 0 Å². The second kappa shape index (κ2) is 16.5. The fourth-order valence-electron chi connectivity index (χ4n) is 7.68. The number of piperidine rings is 1. The highest BCUT2D eigenvalue weighted by Gasteiger charge is 2.45. The minimum atomic E-state index is -1.10. The Labute approximate surface area is 316 Å². The third kappa shape index (κ3) is 7.94. The topological polar surface area (TPSA) is 119 Å². The van der Waals surface area contributed by atoms with Crippen LogP contribution in [-0.4, -0.2) is 90.3 Å². The third-order valence-corrected chi connectivity index (χ3v) is 10.6. The molecule has 4 aromatic rings. The second-order valence-electron chi connectivity index (χ2n) is 14.1. The highest BCUT2D eigenvalue weighted by Crippen LogP contribution is 2.36. The minimum absolute atomic E-state index is 0.0710. The zero-order chi connectivity index (χ0) is 37.6. The molecule has 0 spiro atoms. The Hall–Kier alpha value is -5.74. The van der Waals surface area contributed by atoms with Gasteiger partial charge in [0.2, 0.25) is 5.91 Å². The number of hydrogen-bond acceptors (Lipinski definition) is 8. The fraction of sp³-hybridized carbons (Fsp3) is 0.318. The van der Waals surface area contributed by atoms with Crippen LogP contribution < -0.4 is 15.0 Å². The van der Waals surface area contributed by atoms with Crippen molar-refractivity contribution in [2.45, 2.75) is 45.1 Å². The average molecular weight is 727 g/mol. The van der Waals surface area contributed by atoms with Crippen molar-refractivity contribution in [3.05, 3.63) is 125 Å². The predicted octanol–water partition coefficient (Wildman–Crippen LogP) is 6.19. The quantitative estimate of drug-likeness (QED) is 0.0953. The highest BCUT2D eigenvalue weighted by molar-refractivity contribution is 6.23. The number of imide groups is 1. The van der Waals surface area contributed by atoms with E-state index in [-0.39, 0.29) is 35.6 Å². The van der Waals surface area contributed by atoms with E-state index in [1.165, 1.54) is 11.1 Å². The van der Waals surface area contributed by atoms with E-state index in [1.807, 2.05) is 36.4 Å². The maximum absolute atomic E-state index is 13.3. The molecule has 3 aliphatic rings. The SMILES string of the molecule is CC/C(=C(\c1ccc(O)cc1)c1ccc(OCCCCCN2CCN(c3ccc4c(c3)C(=O)N(C3CC(=O)CNC3=O)C4=O)CC2)cc1)c1ccccc1. The van der Waals surface area contributed by atoms with Crippen LogP contribution in [0.1, 0.15) is 76.4 Å². The number of nitrogens with zero attached hydrogens (tertiary/aromatic N) is 3. The smallest absolute Gasteiger partial charge is 0.262 e. The Morgan fingerprint density at radius 3 is 2.15 bits per heavy atom. The van der Waals surface area contributed by atoms with Crippen LogP contribution in [0.15, 0.2) is 97.1 Å². The molecule has 0 aliphatic carbocycles. The van der Waals surface area contributed by atoms with Gasteiger partial charge in [-0.2, -0.15) is 0 Å². The molecule has 3 heterocycles. The van der Waals surface area contributed by atoms with Gasteiger partial charge in [0.15, 0.2) is 5.78 Å². The number of unbranched alkanes of at least 4 members (excludes halogenated alkanes) is 2. The number of phenolic OH excluding ortho intramolecular Hbond substituents is 1. The number of amides is 3. The number of carbonyl (C=O) groups is 4. The molecule has 2 N–H and O–H groups in total. The predicted molar refractivity (Wildman–Crippen MR) is 209 cm³/mol. The Morgan fingerprint density at radius 1 is 0.759 bits per heavy atom. The first kappa shape index (κ1) is 36.6. The number of rotatable bonds is 13. The number of carbonyl (C=O) groups excluding carboxylic acids is 4. The highest BCUT2D eigenvalue weighted by atomic mass is 16.5. The molecule has 0 saturated carbocycles. The molecule has 2 saturated heterocycles. The van der Waals surface area contributed by atoms with Gasteiger partial charge in [-0.25, -0.2) is 0 Å². The van der Waals surface area contributed by atoms with Gasteiger partial charge >= 0.3 is 0 Å². The first-order chi connectivity index (χ1) is 26.3. The van der Waals surface area contributed by atoms with Crippen LogP contribution in [0.25, 0.3) is 11.1 Å². The van der Waals surface area contributed by atoms with Crippen LogP contribution in [-0.2, 0) is 9.59 Å². The van der Waals surface area contributed by atoms with E-state index in [0.717, 1.165) is 91.4 Å². The number of benzene rings is 4. The molecule has 4 aromatic carbocycles. The molecule has 3 aliphatic heterocycles. The molecular weight excluding hydrogens is 681 g/mol. The van der Waals surface area contributed by atoms with Crippen molar-refractivity contribution in [3.8, 4) is 11.5 Å². The number of anilines is 1. The minimum Gasteiger partial charge on any atom is -0.508 e. The summed E-state index contributed by atoms with van der Waals surface area (Å²) in [4.78, 5) is 56.3. The molecule has 0 radical (unpaired) electrons. The lowest BCUT2D eigenvalue weighted by Crippen LogP contribution is -2.55. The number of nitrogens with one attached hydrogen (secondary N) is 1. The van der Waals surface area contributed by atoms with Gasteiger partial charge < -0.3 is 20.1 Å². The molecule has 10 heteroatoms. The Balaban J connectivity index is 0.865. The molecule has 54 heavy (non-hydrogen) atoms. The van der Waals surface area contributed by atoms with Gasteiger partial charge in [-0.15, -0.1) is 0 Å². The van der Waals surface area contributed by atoms with Crippen LogP contribution in [0.2, 0.25) is 0 Å². The molecule has 2 fully saturated rings. The summed E-state index contributed by atoms with van der Waals surface area (Å²) in [6.45, 7) is 7.16. The van der Waals surface area contributed by atoms with Crippen LogP contribution in [0, 0.1) is 0 Å². The number of piperazine rings is 1. The van der Waals surface area contributed by atoms with E-state index in [2.05, 4.69) is 58.4 Å². The molecule has 3 amide bonds. The number of aromatic hydroxyl groups is 1. The summed E-state index contributed by atoms with van der Waals surface area (Å²) in [5.41, 5.74) is 7.16. The van der Waals surface area contributed by atoms with E-state index < -0.39 is 23.8 Å². The molecule has 278 valence electrons. The number of fused-ring (bicyclic) bond motifs is 1. The second-order valence-corrected chi connectivity index (χ2v) is 14.1. The first-order valence-electron chi connectivity index (χ1n) is 18.9. The molecule has 10 nitrogen and oxygen atoms in total.